The Bertz CT molecular complexity index is 199. The van der Waals surface area contributed by atoms with E-state index in [1.807, 2.05) is 0 Å². The highest BCUT2D eigenvalue weighted by Crippen LogP contribution is 1.77. The Morgan fingerprint density at radius 2 is 2.38 bits per heavy atom. The van der Waals surface area contributed by atoms with Gasteiger partial charge in [-0.1, -0.05) is 0 Å². The van der Waals surface area contributed by atoms with Crippen LogP contribution >= 0.6 is 0 Å². The fourth-order valence-corrected chi connectivity index (χ4v) is 0.264. The van der Waals surface area contributed by atoms with Crippen LogP contribution in [0.5, 0.6) is 0 Å². The predicted molar refractivity (Wildman–Crippen MR) is 25.6 cm³/mol. The van der Waals surface area contributed by atoms with E-state index in [2.05, 4.69) is 26.5 Å². The molecular weight excluding hydrogens is 104 g/mol. The van der Waals surface area contributed by atoms with Crippen LogP contribution in [-0.4, -0.2) is 20.6 Å². The third-order valence-electron chi connectivity index (χ3n) is 0.572. The van der Waals surface area contributed by atoms with E-state index in [1.54, 1.807) is 0 Å². The number of hydrogen-bond donors (Lipinski definition) is 0. The number of rotatable bonds is 0. The van der Waals surface area contributed by atoms with Gasteiger partial charge in [-0.25, -0.2) is 0 Å². The van der Waals surface area contributed by atoms with E-state index < -0.39 is 0 Å². The lowest BCUT2D eigenvalue weighted by atomic mass is 10.5. The smallest absolute Gasteiger partial charge is 0.134 e. The normalized spacial score (nSPS) is 7.88. The summed E-state index contributed by atoms with van der Waals surface area (Å²) in [7, 11) is 0. The van der Waals surface area contributed by atoms with Crippen LogP contribution in [0.1, 0.15) is 5.69 Å². The maximum absolute atomic E-state index is 4.93. The molecule has 0 bridgehead atoms. The molecule has 0 atom stereocenters. The largest absolute Gasteiger partial charge is 0.157 e. The van der Waals surface area contributed by atoms with Gasteiger partial charge >= 0.3 is 0 Å². The Balaban J connectivity index is 3.05. The zero-order valence-electron chi connectivity index (χ0n) is 3.94. The van der Waals surface area contributed by atoms with Crippen molar-refractivity contribution in [2.45, 2.75) is 0 Å². The van der Waals surface area contributed by atoms with Gasteiger partial charge in [-0.15, -0.1) is 16.6 Å². The molecule has 0 saturated heterocycles. The molecule has 0 fully saturated rings. The summed E-state index contributed by atoms with van der Waals surface area (Å²) in [6.07, 6.45) is 6.30. The average Bonchev–Trinajstić information content (AvgIpc) is 1.90. The summed E-state index contributed by atoms with van der Waals surface area (Å²) < 4.78 is 0. The van der Waals surface area contributed by atoms with Crippen LogP contribution in [0.3, 0.4) is 0 Å². The Kier molecular flexibility index (Phi) is 1.15. The molecule has 0 N–H and O–H groups in total. The van der Waals surface area contributed by atoms with Crippen molar-refractivity contribution in [3.8, 4) is 12.3 Å². The van der Waals surface area contributed by atoms with Gasteiger partial charge in [0.1, 0.15) is 0 Å². The third kappa shape index (κ3) is 0.763. The molecule has 8 heavy (non-hydrogen) atoms. The molecule has 0 aliphatic heterocycles. The van der Waals surface area contributed by atoms with Crippen molar-refractivity contribution in [1.29, 1.82) is 0 Å². The van der Waals surface area contributed by atoms with E-state index in [0.717, 1.165) is 0 Å². The van der Waals surface area contributed by atoms with Crippen LogP contribution in [0.25, 0.3) is 0 Å². The van der Waals surface area contributed by atoms with Crippen molar-refractivity contribution in [2.75, 3.05) is 0 Å². The number of terminal acetylenes is 1. The summed E-state index contributed by atoms with van der Waals surface area (Å²) in [5, 5.41) is 13.2. The fraction of sp³-hybridized carbons (Fsp3) is 0. The lowest BCUT2D eigenvalue weighted by molar-refractivity contribution is 0.754. The average molecular weight is 106 g/mol. The highest BCUT2D eigenvalue weighted by molar-refractivity contribution is 5.17. The van der Waals surface area contributed by atoms with E-state index in [0.29, 0.717) is 5.69 Å². The first-order valence-electron chi connectivity index (χ1n) is 1.91. The summed E-state index contributed by atoms with van der Waals surface area (Å²) in [4.78, 5) is 0. The van der Waals surface area contributed by atoms with E-state index in [4.69, 9.17) is 6.42 Å². The van der Waals surface area contributed by atoms with Crippen molar-refractivity contribution in [1.82, 2.24) is 20.6 Å². The molecule has 38 valence electrons. The highest BCUT2D eigenvalue weighted by atomic mass is 15.4. The highest BCUT2D eigenvalue weighted by Gasteiger charge is 1.82. The molecule has 0 unspecified atom stereocenters. The number of nitrogens with zero attached hydrogens (tertiary/aromatic N) is 4. The number of hydrogen-bond acceptors (Lipinski definition) is 4. The lowest BCUT2D eigenvalue weighted by Gasteiger charge is -1.77. The minimum atomic E-state index is 0.403. The summed E-state index contributed by atoms with van der Waals surface area (Å²) in [6.45, 7) is 0. The van der Waals surface area contributed by atoms with Crippen molar-refractivity contribution in [2.24, 2.45) is 0 Å². The van der Waals surface area contributed by atoms with Gasteiger partial charge in [0, 0.05) is 0 Å². The van der Waals surface area contributed by atoms with Crippen molar-refractivity contribution in [3.05, 3.63) is 11.9 Å². The molecule has 0 aliphatic carbocycles. The topological polar surface area (TPSA) is 51.6 Å². The molecular formula is C4H2N4. The zero-order chi connectivity index (χ0) is 5.82. The van der Waals surface area contributed by atoms with Gasteiger partial charge in [0.15, 0.2) is 5.69 Å². The third-order valence-corrected chi connectivity index (χ3v) is 0.572. The molecule has 1 aromatic rings. The second kappa shape index (κ2) is 1.98. The molecule has 0 aliphatic rings. The van der Waals surface area contributed by atoms with E-state index in [-0.39, 0.29) is 0 Å². The second-order valence-electron chi connectivity index (χ2n) is 1.05. The molecule has 4 heteroatoms. The first-order valence-corrected chi connectivity index (χ1v) is 1.91. The van der Waals surface area contributed by atoms with E-state index in [1.165, 1.54) is 6.20 Å². The summed E-state index contributed by atoms with van der Waals surface area (Å²) >= 11 is 0. The summed E-state index contributed by atoms with van der Waals surface area (Å²) in [5.74, 6) is 2.25. The van der Waals surface area contributed by atoms with Gasteiger partial charge in [-0.05, 0) is 16.3 Å². The minimum Gasteiger partial charge on any atom is -0.134 e. The molecule has 0 radical (unpaired) electrons. The van der Waals surface area contributed by atoms with Gasteiger partial charge in [-0.3, -0.25) is 0 Å². The van der Waals surface area contributed by atoms with Crippen LogP contribution in [-0.2, 0) is 0 Å². The standard InChI is InChI=1S/C4H2N4/c1-2-4-3-5-7-8-6-4/h1,3H. The second-order valence-corrected chi connectivity index (χ2v) is 1.05. The maximum Gasteiger partial charge on any atom is 0.157 e. The Hall–Kier alpha value is -1.50. The predicted octanol–water partition coefficient (Wildman–Crippen LogP) is -0.752. The van der Waals surface area contributed by atoms with E-state index >= 15 is 0 Å². The van der Waals surface area contributed by atoms with Crippen LogP contribution in [0, 0.1) is 12.3 Å². The van der Waals surface area contributed by atoms with E-state index in [9.17, 15) is 0 Å². The maximum atomic E-state index is 4.93. The molecule has 1 rings (SSSR count). The molecule has 0 saturated carbocycles. The molecule has 0 amide bonds. The SMILES string of the molecule is C#Cc1cnnnn1. The van der Waals surface area contributed by atoms with Crippen LogP contribution in [0.4, 0.5) is 0 Å². The minimum absolute atomic E-state index is 0.403. The van der Waals surface area contributed by atoms with Crippen molar-refractivity contribution in [3.63, 3.8) is 0 Å². The molecule has 1 heterocycles. The molecule has 1 aromatic heterocycles. The number of aromatic nitrogens is 4. The van der Waals surface area contributed by atoms with Crippen LogP contribution in [0.15, 0.2) is 6.20 Å². The summed E-state index contributed by atoms with van der Waals surface area (Å²) in [5.41, 5.74) is 0.403. The van der Waals surface area contributed by atoms with Gasteiger partial charge in [-0.2, -0.15) is 0 Å². The first kappa shape index (κ1) is 4.65. The van der Waals surface area contributed by atoms with Gasteiger partial charge in [0.25, 0.3) is 0 Å². The quantitative estimate of drug-likeness (QED) is 0.408. The monoisotopic (exact) mass is 106 g/mol. The summed E-state index contributed by atoms with van der Waals surface area (Å²) in [6, 6.07) is 0. The van der Waals surface area contributed by atoms with Gasteiger partial charge in [0.2, 0.25) is 0 Å². The molecule has 4 nitrogen and oxygen atoms in total. The van der Waals surface area contributed by atoms with Crippen LogP contribution < -0.4 is 0 Å². The van der Waals surface area contributed by atoms with Crippen molar-refractivity contribution < 1.29 is 0 Å². The van der Waals surface area contributed by atoms with Crippen LogP contribution in [0.2, 0.25) is 0 Å². The molecule has 0 spiro atoms. The van der Waals surface area contributed by atoms with Gasteiger partial charge in [0.05, 0.1) is 6.20 Å². The first-order chi connectivity index (χ1) is 3.93. The van der Waals surface area contributed by atoms with Crippen molar-refractivity contribution >= 4 is 0 Å². The lowest BCUT2D eigenvalue weighted by Crippen LogP contribution is -1.91. The Morgan fingerprint density at radius 1 is 1.50 bits per heavy atom. The fourth-order valence-electron chi connectivity index (χ4n) is 0.264. The Labute approximate surface area is 45.9 Å². The zero-order valence-corrected chi connectivity index (χ0v) is 3.94. The molecule has 0 aromatic carbocycles. The Morgan fingerprint density at radius 3 is 2.75 bits per heavy atom. The van der Waals surface area contributed by atoms with Gasteiger partial charge < -0.3 is 0 Å².